The lowest BCUT2D eigenvalue weighted by Gasteiger charge is -2.08. The molecule has 0 bridgehead atoms. The molecule has 0 aliphatic rings. The highest BCUT2D eigenvalue weighted by Crippen LogP contribution is 2.34. The Labute approximate surface area is 108 Å². The summed E-state index contributed by atoms with van der Waals surface area (Å²) in [5, 5.41) is 0.147. The average Bonchev–Trinajstić information content (AvgIpc) is 2.27. The summed E-state index contributed by atoms with van der Waals surface area (Å²) in [5.41, 5.74) is 15.6. The number of benzene rings is 1. The van der Waals surface area contributed by atoms with Crippen molar-refractivity contribution in [1.82, 2.24) is 0 Å². The molecule has 0 saturated heterocycles. The Morgan fingerprint density at radius 2 is 2.06 bits per heavy atom. The maximum atomic E-state index is 13.9. The molecule has 0 saturated carbocycles. The van der Waals surface area contributed by atoms with Crippen molar-refractivity contribution in [3.05, 3.63) is 23.0 Å². The minimum absolute atomic E-state index is 0.0645. The van der Waals surface area contributed by atoms with E-state index >= 15 is 0 Å². The molecule has 18 heavy (non-hydrogen) atoms. The van der Waals surface area contributed by atoms with Gasteiger partial charge in [-0.1, -0.05) is 11.6 Å². The van der Waals surface area contributed by atoms with Crippen LogP contribution in [-0.2, 0) is 0 Å². The number of guanidine groups is 2. The summed E-state index contributed by atoms with van der Waals surface area (Å²) in [5.74, 6) is -1.34. The molecular formula is C10H13ClFN5O. The number of rotatable bonds is 3. The highest BCUT2D eigenvalue weighted by atomic mass is 35.5. The van der Waals surface area contributed by atoms with Crippen molar-refractivity contribution in [2.24, 2.45) is 27.2 Å². The van der Waals surface area contributed by atoms with Gasteiger partial charge in [-0.15, -0.1) is 0 Å². The lowest BCUT2D eigenvalue weighted by molar-refractivity contribution is 0.322. The summed E-state index contributed by atoms with van der Waals surface area (Å²) in [6.45, 7) is 1.98. The van der Waals surface area contributed by atoms with Crippen LogP contribution in [0.5, 0.6) is 5.75 Å². The van der Waals surface area contributed by atoms with Crippen LogP contribution in [0.2, 0.25) is 5.02 Å². The van der Waals surface area contributed by atoms with E-state index in [0.29, 0.717) is 0 Å². The van der Waals surface area contributed by atoms with Gasteiger partial charge in [-0.2, -0.15) is 4.99 Å². The first kappa shape index (κ1) is 14.0. The van der Waals surface area contributed by atoms with Gasteiger partial charge in [0.1, 0.15) is 5.69 Å². The predicted octanol–water partition coefficient (Wildman–Crippen LogP) is 1.10. The highest BCUT2D eigenvalue weighted by molar-refractivity contribution is 6.32. The second-order valence-electron chi connectivity index (χ2n) is 3.15. The van der Waals surface area contributed by atoms with Gasteiger partial charge in [-0.05, 0) is 19.1 Å². The monoisotopic (exact) mass is 273 g/mol. The van der Waals surface area contributed by atoms with Gasteiger partial charge < -0.3 is 21.9 Å². The number of aliphatic imine (C=N–C) groups is 2. The van der Waals surface area contributed by atoms with Crippen molar-refractivity contribution in [2.45, 2.75) is 6.92 Å². The number of hydrogen-bond donors (Lipinski definition) is 3. The normalized spacial score (nSPS) is 11.2. The van der Waals surface area contributed by atoms with Gasteiger partial charge in [0.15, 0.2) is 17.5 Å². The first-order valence-corrected chi connectivity index (χ1v) is 5.38. The van der Waals surface area contributed by atoms with Gasteiger partial charge in [0, 0.05) is 0 Å². The molecule has 1 aromatic carbocycles. The van der Waals surface area contributed by atoms with E-state index in [2.05, 4.69) is 9.98 Å². The van der Waals surface area contributed by atoms with Gasteiger partial charge in [-0.3, -0.25) is 0 Å². The Bertz CT molecular complexity index is 499. The lowest BCUT2D eigenvalue weighted by Crippen LogP contribution is -2.26. The van der Waals surface area contributed by atoms with Crippen LogP contribution in [0.15, 0.2) is 22.1 Å². The maximum absolute atomic E-state index is 13.9. The molecule has 0 heterocycles. The molecule has 98 valence electrons. The summed E-state index contributed by atoms with van der Waals surface area (Å²) in [6, 6.07) is 2.78. The van der Waals surface area contributed by atoms with E-state index in [4.69, 9.17) is 33.5 Å². The molecule has 0 radical (unpaired) electrons. The number of hydrogen-bond acceptors (Lipinski definition) is 2. The third kappa shape index (κ3) is 3.49. The highest BCUT2D eigenvalue weighted by Gasteiger charge is 2.13. The largest absolute Gasteiger partial charge is 0.489 e. The molecule has 0 fully saturated rings. The van der Waals surface area contributed by atoms with E-state index in [1.807, 2.05) is 0 Å². The Balaban J connectivity index is 3.19. The SMILES string of the molecule is CCOc1c(Cl)ccc(N=C(N)N=C(N)N)c1F. The zero-order valence-electron chi connectivity index (χ0n) is 9.65. The molecule has 0 atom stereocenters. The van der Waals surface area contributed by atoms with Gasteiger partial charge in [-0.25, -0.2) is 9.38 Å². The fourth-order valence-electron chi connectivity index (χ4n) is 1.17. The summed E-state index contributed by atoms with van der Waals surface area (Å²) in [4.78, 5) is 7.19. The van der Waals surface area contributed by atoms with Crippen molar-refractivity contribution in [3.63, 3.8) is 0 Å². The van der Waals surface area contributed by atoms with E-state index in [0.717, 1.165) is 0 Å². The molecule has 0 unspecified atom stereocenters. The minimum atomic E-state index is -0.724. The zero-order chi connectivity index (χ0) is 13.7. The van der Waals surface area contributed by atoms with E-state index in [9.17, 15) is 4.39 Å². The van der Waals surface area contributed by atoms with Gasteiger partial charge in [0.25, 0.3) is 0 Å². The van der Waals surface area contributed by atoms with Gasteiger partial charge in [0.2, 0.25) is 5.96 Å². The summed E-state index contributed by atoms with van der Waals surface area (Å²) < 4.78 is 19.0. The predicted molar refractivity (Wildman–Crippen MR) is 69.7 cm³/mol. The van der Waals surface area contributed by atoms with Crippen LogP contribution in [-0.4, -0.2) is 18.5 Å². The van der Waals surface area contributed by atoms with Crippen LogP contribution in [0.25, 0.3) is 0 Å². The number of ether oxygens (including phenoxy) is 1. The van der Waals surface area contributed by atoms with Crippen LogP contribution < -0.4 is 21.9 Å². The molecule has 6 nitrogen and oxygen atoms in total. The number of nitrogens with zero attached hydrogens (tertiary/aromatic N) is 2. The van der Waals surface area contributed by atoms with Crippen molar-refractivity contribution in [3.8, 4) is 5.75 Å². The van der Waals surface area contributed by atoms with Crippen LogP contribution >= 0.6 is 11.6 Å². The molecule has 1 aromatic rings. The average molecular weight is 274 g/mol. The maximum Gasteiger partial charge on any atom is 0.223 e. The Morgan fingerprint density at radius 3 is 2.61 bits per heavy atom. The third-order valence-corrected chi connectivity index (χ3v) is 2.09. The second-order valence-corrected chi connectivity index (χ2v) is 3.56. The fourth-order valence-corrected chi connectivity index (χ4v) is 1.37. The smallest absolute Gasteiger partial charge is 0.223 e. The molecule has 0 aliphatic carbocycles. The topological polar surface area (TPSA) is 112 Å². The number of halogens is 2. The van der Waals surface area contributed by atoms with Crippen molar-refractivity contribution in [1.29, 1.82) is 0 Å². The molecule has 8 heteroatoms. The zero-order valence-corrected chi connectivity index (χ0v) is 10.4. The summed E-state index contributed by atoms with van der Waals surface area (Å²) >= 11 is 5.79. The van der Waals surface area contributed by atoms with Crippen molar-refractivity contribution in [2.75, 3.05) is 6.61 Å². The molecule has 6 N–H and O–H groups in total. The van der Waals surface area contributed by atoms with Gasteiger partial charge >= 0.3 is 0 Å². The minimum Gasteiger partial charge on any atom is -0.489 e. The third-order valence-electron chi connectivity index (χ3n) is 1.80. The molecule has 0 aliphatic heterocycles. The van der Waals surface area contributed by atoms with E-state index in [1.54, 1.807) is 6.92 Å². The fraction of sp³-hybridized carbons (Fsp3) is 0.200. The molecule has 0 aromatic heterocycles. The van der Waals surface area contributed by atoms with E-state index in [-0.39, 0.29) is 35.0 Å². The first-order chi connectivity index (χ1) is 8.45. The Hall–Kier alpha value is -2.02. The number of nitrogens with two attached hydrogens (primary N) is 3. The Kier molecular flexibility index (Phi) is 4.73. The quantitative estimate of drug-likeness (QED) is 0.565. The van der Waals surface area contributed by atoms with Crippen molar-refractivity contribution >= 4 is 29.2 Å². The summed E-state index contributed by atoms with van der Waals surface area (Å²) in [6.07, 6.45) is 0. The van der Waals surface area contributed by atoms with E-state index in [1.165, 1.54) is 12.1 Å². The van der Waals surface area contributed by atoms with Crippen LogP contribution in [0.3, 0.4) is 0 Å². The molecular weight excluding hydrogens is 261 g/mol. The molecule has 1 rings (SSSR count). The standard InChI is InChI=1S/C10H13ClFN5O/c1-2-18-8-5(11)3-4-6(7(8)12)16-10(15)17-9(13)14/h3-4H,2H2,1H3,(H6,13,14,15,16,17). The van der Waals surface area contributed by atoms with Crippen LogP contribution in [0.1, 0.15) is 6.92 Å². The molecule has 0 amide bonds. The van der Waals surface area contributed by atoms with Crippen LogP contribution in [0, 0.1) is 5.82 Å². The van der Waals surface area contributed by atoms with Crippen LogP contribution in [0.4, 0.5) is 10.1 Å². The summed E-state index contributed by atoms with van der Waals surface area (Å²) in [7, 11) is 0. The Morgan fingerprint density at radius 1 is 1.39 bits per heavy atom. The lowest BCUT2D eigenvalue weighted by atomic mass is 10.3. The van der Waals surface area contributed by atoms with Gasteiger partial charge in [0.05, 0.1) is 11.6 Å². The molecule has 0 spiro atoms. The van der Waals surface area contributed by atoms with Crippen molar-refractivity contribution < 1.29 is 9.13 Å². The first-order valence-electron chi connectivity index (χ1n) is 5.00. The second kappa shape index (κ2) is 6.06. The van der Waals surface area contributed by atoms with E-state index < -0.39 is 5.82 Å².